The Balaban J connectivity index is 1.45. The zero-order valence-corrected chi connectivity index (χ0v) is 20.9. The molecule has 1 N–H and O–H groups in total. The number of aryl methyl sites for hydroxylation is 2. The Morgan fingerprint density at radius 1 is 0.973 bits per heavy atom. The molecule has 1 atom stereocenters. The number of nitrogens with one attached hydrogen (secondary N) is 1. The van der Waals surface area contributed by atoms with E-state index < -0.39 is 29.6 Å². The molecule has 0 bridgehead atoms. The van der Waals surface area contributed by atoms with E-state index in [9.17, 15) is 22.8 Å². The van der Waals surface area contributed by atoms with Gasteiger partial charge < -0.3 is 5.32 Å². The molecule has 0 unspecified atom stereocenters. The number of rotatable bonds is 7. The van der Waals surface area contributed by atoms with Crippen molar-refractivity contribution in [1.29, 1.82) is 0 Å². The molecule has 0 radical (unpaired) electrons. The van der Waals surface area contributed by atoms with E-state index in [-0.39, 0.29) is 13.0 Å². The molecular weight excluding hydrogens is 501 g/mol. The summed E-state index contributed by atoms with van der Waals surface area (Å²) in [5.74, 6) is -0.816. The Bertz CT molecular complexity index is 1460. The van der Waals surface area contributed by atoms with E-state index in [4.69, 9.17) is 0 Å². The van der Waals surface area contributed by atoms with Crippen LogP contribution in [0.4, 0.5) is 18.2 Å². The van der Waals surface area contributed by atoms with E-state index >= 15 is 0 Å². The molecule has 190 valence electrons. The van der Waals surface area contributed by atoms with Gasteiger partial charge in [0.1, 0.15) is 0 Å². The molecule has 0 aliphatic carbocycles. The highest BCUT2D eigenvalue weighted by Gasteiger charge is 2.37. The van der Waals surface area contributed by atoms with E-state index in [1.165, 1.54) is 22.3 Å². The van der Waals surface area contributed by atoms with E-state index in [0.29, 0.717) is 16.7 Å². The van der Waals surface area contributed by atoms with Gasteiger partial charge in [-0.05, 0) is 49.2 Å². The summed E-state index contributed by atoms with van der Waals surface area (Å²) in [4.78, 5) is 28.2. The molecule has 5 rings (SSSR count). The van der Waals surface area contributed by atoms with Crippen molar-refractivity contribution < 1.29 is 22.8 Å². The molecule has 3 heterocycles. The normalized spacial score (nSPS) is 14.2. The Morgan fingerprint density at radius 2 is 1.68 bits per heavy atom. The lowest BCUT2D eigenvalue weighted by Crippen LogP contribution is -2.41. The van der Waals surface area contributed by atoms with E-state index in [1.54, 1.807) is 41.2 Å². The van der Waals surface area contributed by atoms with Crippen LogP contribution in [0.5, 0.6) is 0 Å². The number of benzene rings is 2. The SMILES string of the molecule is Cc1sc(N[C@@H](Cc2cccc(C(F)(F)F)c2)CN2C(=O)c3ccccc3C2=O)cc1-c1ccnn1C. The number of carbonyl (C=O) groups is 2. The van der Waals surface area contributed by atoms with Crippen molar-refractivity contribution in [3.05, 3.63) is 94.0 Å². The van der Waals surface area contributed by atoms with Gasteiger partial charge >= 0.3 is 6.18 Å². The van der Waals surface area contributed by atoms with E-state index in [0.717, 1.165) is 33.3 Å². The highest BCUT2D eigenvalue weighted by molar-refractivity contribution is 7.16. The Morgan fingerprint density at radius 3 is 2.30 bits per heavy atom. The van der Waals surface area contributed by atoms with Gasteiger partial charge in [-0.25, -0.2) is 0 Å². The Labute approximate surface area is 215 Å². The predicted molar refractivity (Wildman–Crippen MR) is 136 cm³/mol. The van der Waals surface area contributed by atoms with Crippen LogP contribution in [0.2, 0.25) is 0 Å². The summed E-state index contributed by atoms with van der Waals surface area (Å²) in [6, 6.07) is 15.1. The number of alkyl halides is 3. The second kappa shape index (κ2) is 9.51. The number of aromatic nitrogens is 2. The maximum atomic E-state index is 13.3. The average molecular weight is 525 g/mol. The summed E-state index contributed by atoms with van der Waals surface area (Å²) >= 11 is 1.49. The van der Waals surface area contributed by atoms with Crippen LogP contribution < -0.4 is 5.32 Å². The lowest BCUT2D eigenvalue weighted by molar-refractivity contribution is -0.137. The molecule has 0 spiro atoms. The van der Waals surface area contributed by atoms with E-state index in [1.807, 2.05) is 26.1 Å². The summed E-state index contributed by atoms with van der Waals surface area (Å²) in [7, 11) is 1.85. The summed E-state index contributed by atoms with van der Waals surface area (Å²) in [6.45, 7) is 1.98. The lowest BCUT2D eigenvalue weighted by atomic mass is 10.0. The molecule has 0 fully saturated rings. The Kier molecular flexibility index (Phi) is 6.36. The first kappa shape index (κ1) is 24.8. The fourth-order valence-electron chi connectivity index (χ4n) is 4.59. The predicted octanol–water partition coefficient (Wildman–Crippen LogP) is 5.80. The van der Waals surface area contributed by atoms with Crippen LogP contribution >= 0.6 is 11.3 Å². The van der Waals surface area contributed by atoms with Crippen molar-refractivity contribution in [2.45, 2.75) is 25.6 Å². The maximum Gasteiger partial charge on any atom is 0.416 e. The fraction of sp³-hybridized carbons (Fsp3) is 0.222. The van der Waals surface area contributed by atoms with Crippen LogP contribution in [0.1, 0.15) is 36.7 Å². The second-order valence-corrected chi connectivity index (χ2v) is 10.2. The van der Waals surface area contributed by atoms with Gasteiger partial charge in [-0.3, -0.25) is 19.2 Å². The summed E-state index contributed by atoms with van der Waals surface area (Å²) < 4.78 is 41.8. The third-order valence-corrected chi connectivity index (χ3v) is 7.36. The molecule has 0 saturated carbocycles. The molecule has 0 saturated heterocycles. The third kappa shape index (κ3) is 4.89. The molecule has 1 aliphatic heterocycles. The first-order valence-corrected chi connectivity index (χ1v) is 12.4. The summed E-state index contributed by atoms with van der Waals surface area (Å²) in [5.41, 5.74) is 2.27. The van der Waals surface area contributed by atoms with Crippen molar-refractivity contribution in [3.8, 4) is 11.3 Å². The largest absolute Gasteiger partial charge is 0.416 e. The van der Waals surface area contributed by atoms with Crippen molar-refractivity contribution in [1.82, 2.24) is 14.7 Å². The first-order chi connectivity index (χ1) is 17.6. The number of nitrogens with zero attached hydrogens (tertiary/aromatic N) is 3. The summed E-state index contributed by atoms with van der Waals surface area (Å²) in [6.07, 6.45) is -2.59. The zero-order chi connectivity index (χ0) is 26.3. The minimum absolute atomic E-state index is 0.000579. The first-order valence-electron chi connectivity index (χ1n) is 11.6. The van der Waals surface area contributed by atoms with Gasteiger partial charge in [0.2, 0.25) is 0 Å². The number of thiophene rings is 1. The smallest absolute Gasteiger partial charge is 0.372 e. The number of carbonyl (C=O) groups excluding carboxylic acids is 2. The average Bonchev–Trinajstić information content (AvgIpc) is 3.51. The maximum absolute atomic E-state index is 13.3. The zero-order valence-electron chi connectivity index (χ0n) is 20.0. The van der Waals surface area contributed by atoms with Crippen molar-refractivity contribution in [2.24, 2.45) is 7.05 Å². The minimum atomic E-state index is -4.47. The van der Waals surface area contributed by atoms with E-state index in [2.05, 4.69) is 10.4 Å². The molecule has 2 amide bonds. The number of imide groups is 1. The fourth-order valence-corrected chi connectivity index (χ4v) is 5.60. The minimum Gasteiger partial charge on any atom is -0.372 e. The topological polar surface area (TPSA) is 67.2 Å². The number of fused-ring (bicyclic) bond motifs is 1. The van der Waals surface area contributed by atoms with Gasteiger partial charge in [0.05, 0.1) is 27.4 Å². The third-order valence-electron chi connectivity index (χ3n) is 6.38. The van der Waals surface area contributed by atoms with Gasteiger partial charge in [-0.1, -0.05) is 30.3 Å². The van der Waals surface area contributed by atoms with Crippen molar-refractivity contribution in [3.63, 3.8) is 0 Å². The van der Waals surface area contributed by atoms with Gasteiger partial charge in [-0.2, -0.15) is 18.3 Å². The highest BCUT2D eigenvalue weighted by atomic mass is 32.1. The second-order valence-electron chi connectivity index (χ2n) is 8.93. The van der Waals surface area contributed by atoms with Crippen LogP contribution in [0.25, 0.3) is 11.3 Å². The number of anilines is 1. The van der Waals surface area contributed by atoms with Gasteiger partial charge in [0, 0.05) is 36.3 Å². The van der Waals surface area contributed by atoms with Crippen LogP contribution in [0.15, 0.2) is 66.9 Å². The van der Waals surface area contributed by atoms with Gasteiger partial charge in [0.25, 0.3) is 11.8 Å². The quantitative estimate of drug-likeness (QED) is 0.311. The Hall–Kier alpha value is -3.92. The molecule has 2 aromatic heterocycles. The summed E-state index contributed by atoms with van der Waals surface area (Å²) in [5, 5.41) is 8.38. The molecule has 10 heteroatoms. The lowest BCUT2D eigenvalue weighted by Gasteiger charge is -2.24. The van der Waals surface area contributed by atoms with Crippen LogP contribution in [0, 0.1) is 6.92 Å². The van der Waals surface area contributed by atoms with Crippen LogP contribution in [0.3, 0.4) is 0 Å². The number of halogens is 3. The number of hydrogen-bond donors (Lipinski definition) is 1. The number of amides is 2. The standard InChI is InChI=1S/C27H23F3N4O2S/c1-16-22(23-10-11-31-33(23)2)14-24(37-16)32-19(13-17-6-5-7-18(12-17)27(28,29)30)15-34-25(35)20-8-3-4-9-21(20)26(34)36/h3-12,14,19,32H,13,15H2,1-2H3/t19-/m0/s1. The molecular formula is C27H23F3N4O2S. The molecule has 1 aliphatic rings. The number of hydrogen-bond acceptors (Lipinski definition) is 5. The molecule has 37 heavy (non-hydrogen) atoms. The van der Waals surface area contributed by atoms with Crippen molar-refractivity contribution >= 4 is 28.2 Å². The van der Waals surface area contributed by atoms with Crippen molar-refractivity contribution in [2.75, 3.05) is 11.9 Å². The molecule has 4 aromatic rings. The molecule has 6 nitrogen and oxygen atoms in total. The highest BCUT2D eigenvalue weighted by Crippen LogP contribution is 2.35. The van der Waals surface area contributed by atoms with Gasteiger partial charge in [0.15, 0.2) is 0 Å². The van der Waals surface area contributed by atoms with Crippen LogP contribution in [-0.4, -0.2) is 39.1 Å². The molecule has 2 aromatic carbocycles. The van der Waals surface area contributed by atoms with Crippen LogP contribution in [-0.2, 0) is 19.6 Å². The monoisotopic (exact) mass is 524 g/mol. The van der Waals surface area contributed by atoms with Gasteiger partial charge in [-0.15, -0.1) is 11.3 Å².